The third-order valence-corrected chi connectivity index (χ3v) is 6.21. The van der Waals surface area contributed by atoms with Crippen LogP contribution in [0.4, 0.5) is 4.79 Å². The van der Waals surface area contributed by atoms with E-state index in [1.54, 1.807) is 18.2 Å². The molecule has 0 radical (unpaired) electrons. The van der Waals surface area contributed by atoms with Crippen LogP contribution in [0.3, 0.4) is 0 Å². The van der Waals surface area contributed by atoms with Gasteiger partial charge in [-0.05, 0) is 54.7 Å². The number of rotatable bonds is 5. The molecule has 1 aromatic rings. The van der Waals surface area contributed by atoms with Crippen molar-refractivity contribution in [2.45, 2.75) is 58.6 Å². The molecule has 0 unspecified atom stereocenters. The molecule has 1 aliphatic carbocycles. The fraction of sp³-hybridized carbons (Fsp3) is 0.545. The molecule has 1 spiro atoms. The van der Waals surface area contributed by atoms with Crippen molar-refractivity contribution in [1.29, 1.82) is 0 Å². The fourth-order valence-corrected chi connectivity index (χ4v) is 4.29. The van der Waals surface area contributed by atoms with Gasteiger partial charge in [0.15, 0.2) is 0 Å². The molecule has 8 nitrogen and oxygen atoms in total. The van der Waals surface area contributed by atoms with E-state index in [4.69, 9.17) is 10.5 Å². The lowest BCUT2D eigenvalue weighted by Crippen LogP contribution is -2.50. The Hall–Kier alpha value is -2.90. The first kappa shape index (κ1) is 21.8. The third-order valence-electron chi connectivity index (χ3n) is 6.21. The number of carbonyl (C=O) groups excluding carboxylic acids is 4. The van der Waals surface area contributed by atoms with Gasteiger partial charge in [-0.1, -0.05) is 32.9 Å². The minimum atomic E-state index is -0.908. The topological polar surface area (TPSA) is 119 Å². The minimum absolute atomic E-state index is 0.0813. The highest BCUT2D eigenvalue weighted by Crippen LogP contribution is 2.43. The van der Waals surface area contributed by atoms with Crippen molar-refractivity contribution >= 4 is 23.8 Å². The molecule has 1 aliphatic heterocycles. The standard InChI is InChI=1S/C22H29N3O5/c1-21(2,3)16-7-9-22(10-8-16)19(28)25(20(29)24-22)12-17(26)30-13-14-5-4-6-15(11-14)18(23)27/h4-6,11,16H,7-10,12-13H2,1-3H3,(H2,23,27)(H,24,29). The van der Waals surface area contributed by atoms with Crippen LogP contribution in [0.2, 0.25) is 0 Å². The van der Waals surface area contributed by atoms with E-state index in [9.17, 15) is 19.2 Å². The van der Waals surface area contributed by atoms with Crippen molar-refractivity contribution in [2.24, 2.45) is 17.1 Å². The second-order valence-corrected chi connectivity index (χ2v) is 9.27. The second-order valence-electron chi connectivity index (χ2n) is 9.27. The van der Waals surface area contributed by atoms with Gasteiger partial charge in [-0.15, -0.1) is 0 Å². The Morgan fingerprint density at radius 1 is 1.23 bits per heavy atom. The molecule has 30 heavy (non-hydrogen) atoms. The van der Waals surface area contributed by atoms with Crippen molar-refractivity contribution in [2.75, 3.05) is 6.54 Å². The first-order chi connectivity index (χ1) is 14.0. The number of imide groups is 1. The molecule has 162 valence electrons. The summed E-state index contributed by atoms with van der Waals surface area (Å²) < 4.78 is 5.19. The monoisotopic (exact) mass is 415 g/mol. The molecule has 2 aliphatic rings. The number of benzene rings is 1. The summed E-state index contributed by atoms with van der Waals surface area (Å²) in [4.78, 5) is 49.8. The summed E-state index contributed by atoms with van der Waals surface area (Å²) in [5.74, 6) is -1.13. The normalized spacial score (nSPS) is 24.1. The Morgan fingerprint density at radius 3 is 2.50 bits per heavy atom. The lowest BCUT2D eigenvalue weighted by Gasteiger charge is -2.40. The number of nitrogens with one attached hydrogen (secondary N) is 1. The highest BCUT2D eigenvalue weighted by atomic mass is 16.5. The summed E-state index contributed by atoms with van der Waals surface area (Å²) in [5.41, 5.74) is 5.39. The van der Waals surface area contributed by atoms with Crippen LogP contribution in [-0.4, -0.2) is 40.8 Å². The van der Waals surface area contributed by atoms with Crippen molar-refractivity contribution < 1.29 is 23.9 Å². The number of amides is 4. The summed E-state index contributed by atoms with van der Waals surface area (Å²) in [6, 6.07) is 5.87. The van der Waals surface area contributed by atoms with Gasteiger partial charge in [0.05, 0.1) is 0 Å². The van der Waals surface area contributed by atoms with Gasteiger partial charge >= 0.3 is 12.0 Å². The van der Waals surface area contributed by atoms with E-state index in [-0.39, 0.29) is 17.9 Å². The predicted octanol–water partition coefficient (Wildman–Crippen LogP) is 2.36. The molecule has 3 rings (SSSR count). The first-order valence-electron chi connectivity index (χ1n) is 10.2. The second kappa shape index (κ2) is 8.08. The van der Waals surface area contributed by atoms with E-state index >= 15 is 0 Å². The zero-order chi connectivity index (χ0) is 22.1. The molecule has 1 heterocycles. The Kier molecular flexibility index (Phi) is 5.87. The van der Waals surface area contributed by atoms with E-state index in [1.807, 2.05) is 0 Å². The van der Waals surface area contributed by atoms with Gasteiger partial charge in [-0.3, -0.25) is 19.3 Å². The molecular formula is C22H29N3O5. The molecule has 4 amide bonds. The number of esters is 1. The van der Waals surface area contributed by atoms with Gasteiger partial charge < -0.3 is 15.8 Å². The molecule has 1 saturated heterocycles. The minimum Gasteiger partial charge on any atom is -0.459 e. The van der Waals surface area contributed by atoms with Crippen LogP contribution in [0.1, 0.15) is 62.4 Å². The van der Waals surface area contributed by atoms with E-state index in [2.05, 4.69) is 26.1 Å². The molecule has 1 saturated carbocycles. The number of hydrogen-bond donors (Lipinski definition) is 2. The number of urea groups is 1. The quantitative estimate of drug-likeness (QED) is 0.565. The van der Waals surface area contributed by atoms with Gasteiger partial charge in [0, 0.05) is 5.56 Å². The first-order valence-corrected chi connectivity index (χ1v) is 10.2. The van der Waals surface area contributed by atoms with Gasteiger partial charge in [-0.25, -0.2) is 4.79 Å². The maximum atomic E-state index is 13.0. The zero-order valence-corrected chi connectivity index (χ0v) is 17.7. The van der Waals surface area contributed by atoms with Crippen LogP contribution >= 0.6 is 0 Å². The van der Waals surface area contributed by atoms with Crippen LogP contribution in [0.15, 0.2) is 24.3 Å². The summed E-state index contributed by atoms with van der Waals surface area (Å²) in [7, 11) is 0. The average molecular weight is 415 g/mol. The molecule has 2 fully saturated rings. The Labute approximate surface area is 176 Å². The number of primary amides is 1. The molecule has 0 bridgehead atoms. The van der Waals surface area contributed by atoms with Crippen molar-refractivity contribution in [3.05, 3.63) is 35.4 Å². The van der Waals surface area contributed by atoms with Crippen LogP contribution < -0.4 is 11.1 Å². The van der Waals surface area contributed by atoms with Crippen molar-refractivity contribution in [1.82, 2.24) is 10.2 Å². The Balaban J connectivity index is 1.57. The zero-order valence-electron chi connectivity index (χ0n) is 17.7. The molecule has 0 aromatic heterocycles. The average Bonchev–Trinajstić information content (AvgIpc) is 2.90. The van der Waals surface area contributed by atoms with E-state index in [1.165, 1.54) is 6.07 Å². The van der Waals surface area contributed by atoms with Crippen LogP contribution in [0, 0.1) is 11.3 Å². The van der Waals surface area contributed by atoms with Gasteiger partial charge in [-0.2, -0.15) is 0 Å². The Morgan fingerprint density at radius 2 is 1.90 bits per heavy atom. The number of ether oxygens (including phenoxy) is 1. The lowest BCUT2D eigenvalue weighted by molar-refractivity contribution is -0.149. The maximum Gasteiger partial charge on any atom is 0.326 e. The van der Waals surface area contributed by atoms with Crippen LogP contribution in [0.25, 0.3) is 0 Å². The van der Waals surface area contributed by atoms with Gasteiger partial charge in [0.25, 0.3) is 5.91 Å². The lowest BCUT2D eigenvalue weighted by atomic mass is 9.67. The number of hydrogen-bond acceptors (Lipinski definition) is 5. The third kappa shape index (κ3) is 4.47. The van der Waals surface area contributed by atoms with Gasteiger partial charge in [0.1, 0.15) is 18.7 Å². The summed E-state index contributed by atoms with van der Waals surface area (Å²) in [5, 5.41) is 2.82. The highest BCUT2D eigenvalue weighted by molar-refractivity contribution is 6.08. The molecular weight excluding hydrogens is 386 g/mol. The largest absolute Gasteiger partial charge is 0.459 e. The molecule has 1 aromatic carbocycles. The smallest absolute Gasteiger partial charge is 0.326 e. The SMILES string of the molecule is CC(C)(C)C1CCC2(CC1)NC(=O)N(CC(=O)OCc1cccc(C(N)=O)c1)C2=O. The number of nitrogens with zero attached hydrogens (tertiary/aromatic N) is 1. The molecule has 8 heteroatoms. The van der Waals surface area contributed by atoms with Gasteiger partial charge in [0.2, 0.25) is 5.91 Å². The summed E-state index contributed by atoms with van der Waals surface area (Å²) in [6.45, 7) is 6.04. The number of carbonyl (C=O) groups is 4. The van der Waals surface area contributed by atoms with Crippen LogP contribution in [-0.2, 0) is 20.9 Å². The van der Waals surface area contributed by atoms with E-state index in [0.29, 0.717) is 29.9 Å². The summed E-state index contributed by atoms with van der Waals surface area (Å²) in [6.07, 6.45) is 2.85. The number of nitrogens with two attached hydrogens (primary N) is 1. The molecule has 0 atom stereocenters. The predicted molar refractivity (Wildman–Crippen MR) is 109 cm³/mol. The maximum absolute atomic E-state index is 13.0. The van der Waals surface area contributed by atoms with Crippen molar-refractivity contribution in [3.63, 3.8) is 0 Å². The van der Waals surface area contributed by atoms with E-state index in [0.717, 1.165) is 17.7 Å². The van der Waals surface area contributed by atoms with Crippen LogP contribution in [0.5, 0.6) is 0 Å². The van der Waals surface area contributed by atoms with Crippen molar-refractivity contribution in [3.8, 4) is 0 Å². The van der Waals surface area contributed by atoms with E-state index < -0.39 is 30.0 Å². The fourth-order valence-electron chi connectivity index (χ4n) is 4.29. The summed E-state index contributed by atoms with van der Waals surface area (Å²) >= 11 is 0. The Bertz CT molecular complexity index is 866. The highest BCUT2D eigenvalue weighted by Gasteiger charge is 2.53. The molecule has 3 N–H and O–H groups in total.